The second-order valence-electron chi connectivity index (χ2n) is 8.63. The average Bonchev–Trinajstić information content (AvgIpc) is 2.89. The van der Waals surface area contributed by atoms with Crippen LogP contribution in [0.5, 0.6) is 5.75 Å². The molecule has 0 radical (unpaired) electrons. The molecule has 1 aromatic rings. The zero-order valence-corrected chi connectivity index (χ0v) is 21.3. The third-order valence-corrected chi connectivity index (χ3v) is 6.47. The zero-order chi connectivity index (χ0) is 28.1. The molecule has 0 aliphatic heterocycles. The van der Waals surface area contributed by atoms with Gasteiger partial charge in [-0.2, -0.15) is 0 Å². The van der Waals surface area contributed by atoms with Gasteiger partial charge in [-0.05, 0) is 17.7 Å². The van der Waals surface area contributed by atoms with E-state index >= 15 is 0 Å². The molecule has 0 aromatic heterocycles. The Morgan fingerprint density at radius 3 is 1.62 bits per heavy atom. The van der Waals surface area contributed by atoms with Crippen LogP contribution in [-0.2, 0) is 10.5 Å². The summed E-state index contributed by atoms with van der Waals surface area (Å²) in [5.41, 5.74) is 0.913. The molecule has 1 aromatic carbocycles. The first-order chi connectivity index (χ1) is 17.4. The zero-order valence-electron chi connectivity index (χ0n) is 20.5. The van der Waals surface area contributed by atoms with E-state index in [2.05, 4.69) is 0 Å². The van der Waals surface area contributed by atoms with Crippen molar-refractivity contribution < 1.29 is 60.6 Å². The van der Waals surface area contributed by atoms with E-state index in [4.69, 9.17) is 14.9 Å². The van der Waals surface area contributed by atoms with Gasteiger partial charge in [0.25, 0.3) is 0 Å². The van der Waals surface area contributed by atoms with Gasteiger partial charge in [-0.1, -0.05) is 23.9 Å². The molecule has 37 heavy (non-hydrogen) atoms. The van der Waals surface area contributed by atoms with Crippen molar-refractivity contribution in [2.45, 2.75) is 61.5 Å². The molecule has 10 N–H and O–H groups in total. The minimum absolute atomic E-state index is 0.00296. The molecule has 13 nitrogen and oxygen atoms in total. The molecule has 0 bridgehead atoms. The average molecular weight is 554 g/mol. The highest BCUT2D eigenvalue weighted by molar-refractivity contribution is 8.12. The second-order valence-corrected chi connectivity index (χ2v) is 9.78. The Labute approximate surface area is 219 Å². The van der Waals surface area contributed by atoms with Crippen molar-refractivity contribution in [1.29, 1.82) is 0 Å². The molecule has 0 saturated carbocycles. The van der Waals surface area contributed by atoms with Crippen LogP contribution in [0.3, 0.4) is 0 Å². The smallest absolute Gasteiger partial charge is 0.186 e. The SMILES string of the molecule is CC(=O)SCc1ccc(OCCN(C[C@H](O)[C@@H](O)[C@H](O)[C@H](O)CO)C[C@H](O)[C@@H](O)[C@H](O)[C@H](O)CO)cc1. The van der Waals surface area contributed by atoms with Crippen LogP contribution in [0.25, 0.3) is 0 Å². The summed E-state index contributed by atoms with van der Waals surface area (Å²) < 4.78 is 5.66. The fourth-order valence-electron chi connectivity index (χ4n) is 3.29. The molecule has 0 fully saturated rings. The van der Waals surface area contributed by atoms with E-state index in [1.54, 1.807) is 24.3 Å². The lowest BCUT2D eigenvalue weighted by atomic mass is 10.0. The minimum Gasteiger partial charge on any atom is -0.492 e. The largest absolute Gasteiger partial charge is 0.492 e. The van der Waals surface area contributed by atoms with E-state index < -0.39 is 62.0 Å². The van der Waals surface area contributed by atoms with Crippen LogP contribution in [0.15, 0.2) is 24.3 Å². The lowest BCUT2D eigenvalue weighted by molar-refractivity contribution is -0.130. The summed E-state index contributed by atoms with van der Waals surface area (Å²) in [6.45, 7) is -0.976. The predicted octanol–water partition coefficient (Wildman–Crippen LogP) is -3.98. The van der Waals surface area contributed by atoms with Gasteiger partial charge in [0.05, 0.1) is 25.4 Å². The van der Waals surface area contributed by atoms with Gasteiger partial charge in [-0.3, -0.25) is 9.69 Å². The first-order valence-electron chi connectivity index (χ1n) is 11.6. The number of aliphatic hydroxyl groups excluding tert-OH is 10. The Bertz CT molecular complexity index is 743. The van der Waals surface area contributed by atoms with E-state index in [0.717, 1.165) is 5.56 Å². The predicted molar refractivity (Wildman–Crippen MR) is 133 cm³/mol. The Hall–Kier alpha value is -1.40. The topological polar surface area (TPSA) is 232 Å². The Kier molecular flexibility index (Phi) is 15.7. The normalized spacial score (nSPS) is 18.5. The third kappa shape index (κ3) is 11.9. The van der Waals surface area contributed by atoms with Gasteiger partial charge in [0.1, 0.15) is 49.0 Å². The number of carbonyl (C=O) groups is 1. The van der Waals surface area contributed by atoms with Gasteiger partial charge in [0.2, 0.25) is 0 Å². The summed E-state index contributed by atoms with van der Waals surface area (Å²) in [6, 6.07) is 6.95. The van der Waals surface area contributed by atoms with Gasteiger partial charge in [0, 0.05) is 32.3 Å². The maximum atomic E-state index is 11.1. The molecule has 8 atom stereocenters. The van der Waals surface area contributed by atoms with Gasteiger partial charge < -0.3 is 55.8 Å². The molecule has 0 spiro atoms. The minimum atomic E-state index is -1.87. The number of hydrogen-bond acceptors (Lipinski definition) is 14. The fourth-order valence-corrected chi connectivity index (χ4v) is 3.85. The number of hydrogen-bond donors (Lipinski definition) is 10. The second kappa shape index (κ2) is 17.2. The quantitative estimate of drug-likeness (QED) is 0.0835. The summed E-state index contributed by atoms with van der Waals surface area (Å²) in [4.78, 5) is 12.4. The van der Waals surface area contributed by atoms with Crippen molar-refractivity contribution >= 4 is 16.9 Å². The molecule has 14 heteroatoms. The maximum absolute atomic E-state index is 11.1. The highest BCUT2D eigenvalue weighted by Gasteiger charge is 2.34. The standard InChI is InChI=1S/C23H39NO12S/c1-13(27)37-12-14-2-4-15(5-3-14)36-7-6-24(8-16(28)20(32)22(34)18(30)10-25)9-17(29)21(33)23(35)19(31)11-26/h2-5,16-23,25-26,28-35H,6-12H2,1H3/t16-,17-,18+,19+,20+,21+,22+,23+/m0/s1. The van der Waals surface area contributed by atoms with Crippen molar-refractivity contribution in [3.8, 4) is 5.75 Å². The molecule has 0 amide bonds. The monoisotopic (exact) mass is 553 g/mol. The van der Waals surface area contributed by atoms with Crippen molar-refractivity contribution in [3.05, 3.63) is 29.8 Å². The highest BCUT2D eigenvalue weighted by atomic mass is 32.2. The van der Waals surface area contributed by atoms with E-state index in [9.17, 15) is 45.6 Å². The van der Waals surface area contributed by atoms with Gasteiger partial charge >= 0.3 is 0 Å². The number of thioether (sulfide) groups is 1. The lowest BCUT2D eigenvalue weighted by Gasteiger charge is -2.33. The Morgan fingerprint density at radius 1 is 0.784 bits per heavy atom. The van der Waals surface area contributed by atoms with E-state index in [1.165, 1.54) is 23.6 Å². The summed E-state index contributed by atoms with van der Waals surface area (Å²) in [7, 11) is 0. The third-order valence-electron chi connectivity index (χ3n) is 5.58. The van der Waals surface area contributed by atoms with Crippen LogP contribution < -0.4 is 4.74 Å². The van der Waals surface area contributed by atoms with Crippen molar-refractivity contribution in [3.63, 3.8) is 0 Å². The van der Waals surface area contributed by atoms with E-state index in [-0.39, 0.29) is 31.4 Å². The lowest BCUT2D eigenvalue weighted by Crippen LogP contribution is -2.53. The molecule has 0 heterocycles. The van der Waals surface area contributed by atoms with Crippen LogP contribution in [0.1, 0.15) is 12.5 Å². The summed E-state index contributed by atoms with van der Waals surface area (Å²) in [5, 5.41) is 97.6. The van der Waals surface area contributed by atoms with Crippen molar-refractivity contribution in [1.82, 2.24) is 4.90 Å². The number of ether oxygens (including phenoxy) is 1. The molecule has 0 unspecified atom stereocenters. The maximum Gasteiger partial charge on any atom is 0.186 e. The number of carbonyl (C=O) groups excluding carboxylic acids is 1. The molecule has 1 rings (SSSR count). The number of rotatable bonds is 18. The van der Waals surface area contributed by atoms with Crippen LogP contribution in [0.4, 0.5) is 0 Å². The summed E-state index contributed by atoms with van der Waals surface area (Å²) >= 11 is 1.17. The van der Waals surface area contributed by atoms with Gasteiger partial charge in [-0.15, -0.1) is 0 Å². The number of benzene rings is 1. The fraction of sp³-hybridized carbons (Fsp3) is 0.696. The van der Waals surface area contributed by atoms with Gasteiger partial charge in [-0.25, -0.2) is 0 Å². The van der Waals surface area contributed by atoms with E-state index in [0.29, 0.717) is 11.5 Å². The highest BCUT2D eigenvalue weighted by Crippen LogP contribution is 2.17. The molecule has 214 valence electrons. The number of aliphatic hydroxyl groups is 10. The summed E-state index contributed by atoms with van der Waals surface area (Å²) in [5.74, 6) is 0.998. The Morgan fingerprint density at radius 2 is 1.22 bits per heavy atom. The Balaban J connectivity index is 2.82. The summed E-state index contributed by atoms with van der Waals surface area (Å²) in [6.07, 6.45) is -14.2. The van der Waals surface area contributed by atoms with Crippen LogP contribution in [-0.4, -0.2) is 149 Å². The molecule has 0 aliphatic rings. The van der Waals surface area contributed by atoms with Gasteiger partial charge in [0.15, 0.2) is 5.12 Å². The van der Waals surface area contributed by atoms with Crippen molar-refractivity contribution in [2.24, 2.45) is 0 Å². The first kappa shape index (κ1) is 33.6. The van der Waals surface area contributed by atoms with E-state index in [1.807, 2.05) is 0 Å². The number of nitrogens with zero attached hydrogens (tertiary/aromatic N) is 1. The molecular weight excluding hydrogens is 514 g/mol. The molecular formula is C23H39NO12S. The first-order valence-corrected chi connectivity index (χ1v) is 12.6. The van der Waals surface area contributed by atoms with Crippen LogP contribution in [0.2, 0.25) is 0 Å². The van der Waals surface area contributed by atoms with Crippen molar-refractivity contribution in [2.75, 3.05) is 39.5 Å². The molecule has 0 aliphatic carbocycles. The molecule has 0 saturated heterocycles. The van der Waals surface area contributed by atoms with Crippen LogP contribution in [0, 0.1) is 0 Å². The van der Waals surface area contributed by atoms with Crippen LogP contribution >= 0.6 is 11.8 Å².